The number of amides is 2. The van der Waals surface area contributed by atoms with Gasteiger partial charge in [-0.1, -0.05) is 54.6 Å². The number of carbonyl (C=O) groups excluding carboxylic acids is 2. The summed E-state index contributed by atoms with van der Waals surface area (Å²) in [4.78, 5) is 25.9. The van der Waals surface area contributed by atoms with Crippen molar-refractivity contribution in [1.29, 1.82) is 0 Å². The summed E-state index contributed by atoms with van der Waals surface area (Å²) in [5.41, 5.74) is 9.34. The van der Waals surface area contributed by atoms with Crippen LogP contribution in [0.4, 0.5) is 5.69 Å². The maximum atomic E-state index is 12.8. The van der Waals surface area contributed by atoms with Crippen molar-refractivity contribution in [3.05, 3.63) is 65.2 Å². The van der Waals surface area contributed by atoms with Gasteiger partial charge >= 0.3 is 0 Å². The van der Waals surface area contributed by atoms with Gasteiger partial charge in [-0.3, -0.25) is 9.59 Å². The number of nitrogens with zero attached hydrogens (tertiary/aromatic N) is 1. The Bertz CT molecular complexity index is 814. The predicted molar refractivity (Wildman–Crippen MR) is 99.7 cm³/mol. The first-order chi connectivity index (χ1) is 12.2. The van der Waals surface area contributed by atoms with E-state index in [1.54, 1.807) is 4.90 Å². The van der Waals surface area contributed by atoms with Crippen LogP contribution < -0.4 is 16.0 Å². The molecule has 0 saturated heterocycles. The lowest BCUT2D eigenvalue weighted by Crippen LogP contribution is -2.36. The minimum Gasteiger partial charge on any atom is -0.354 e. The fourth-order valence-corrected chi connectivity index (χ4v) is 2.89. The van der Waals surface area contributed by atoms with Crippen molar-refractivity contribution in [3.8, 4) is 0 Å². The number of nitrogens with one attached hydrogen (secondary N) is 1. The zero-order valence-electron chi connectivity index (χ0n) is 13.9. The highest BCUT2D eigenvalue weighted by Gasteiger charge is 2.20. The molecule has 0 aromatic heterocycles. The molecule has 5 heteroatoms. The van der Waals surface area contributed by atoms with Crippen LogP contribution in [0.2, 0.25) is 0 Å². The Morgan fingerprint density at radius 2 is 1.68 bits per heavy atom. The molecule has 0 bridgehead atoms. The average Bonchev–Trinajstić information content (AvgIpc) is 2.63. The van der Waals surface area contributed by atoms with Crippen molar-refractivity contribution < 1.29 is 9.59 Å². The van der Waals surface area contributed by atoms with Gasteiger partial charge < -0.3 is 16.0 Å². The third kappa shape index (κ3) is 3.95. The summed E-state index contributed by atoms with van der Waals surface area (Å²) < 4.78 is 0. The molecule has 2 amide bonds. The summed E-state index contributed by atoms with van der Waals surface area (Å²) in [7, 11) is 0. The Balaban J connectivity index is 1.88. The number of nitrogens with two attached hydrogens (primary N) is 1. The molecule has 3 N–H and O–H groups in total. The molecule has 1 aliphatic rings. The molecule has 1 aliphatic heterocycles. The lowest BCUT2D eigenvalue weighted by Gasteiger charge is -2.27. The smallest absolute Gasteiger partial charge is 0.233 e. The van der Waals surface area contributed by atoms with Crippen LogP contribution in [0.1, 0.15) is 23.1 Å². The summed E-state index contributed by atoms with van der Waals surface area (Å²) in [5.74, 6) is -0.288. The lowest BCUT2D eigenvalue weighted by atomic mass is 10.0. The van der Waals surface area contributed by atoms with Gasteiger partial charge in [-0.2, -0.15) is 0 Å². The first kappa shape index (κ1) is 16.9. The summed E-state index contributed by atoms with van der Waals surface area (Å²) in [6.45, 7) is 0.713. The van der Waals surface area contributed by atoms with Gasteiger partial charge in [0.2, 0.25) is 11.8 Å². The quantitative estimate of drug-likeness (QED) is 0.899. The molecule has 0 spiro atoms. The molecule has 0 radical (unpaired) electrons. The average molecular weight is 335 g/mol. The number of para-hydroxylation sites is 1. The highest BCUT2D eigenvalue weighted by Crippen LogP contribution is 2.29. The van der Waals surface area contributed by atoms with Crippen molar-refractivity contribution >= 4 is 29.7 Å². The fraction of sp³-hybridized carbons (Fsp3) is 0.200. The van der Waals surface area contributed by atoms with Crippen molar-refractivity contribution in [2.24, 2.45) is 5.73 Å². The van der Waals surface area contributed by atoms with Crippen LogP contribution in [0.15, 0.2) is 48.5 Å². The molecular formula is C20H21N3O2. The van der Waals surface area contributed by atoms with Crippen molar-refractivity contribution in [3.63, 3.8) is 0 Å². The SMILES string of the molecule is NCC(=O)NCCC(=O)N1Cc2ccccc2/C=C\c2ccccc21. The second-order valence-electron chi connectivity index (χ2n) is 5.87. The van der Waals surface area contributed by atoms with Crippen molar-refractivity contribution in [2.75, 3.05) is 18.0 Å². The van der Waals surface area contributed by atoms with Crippen LogP contribution in [0, 0.1) is 0 Å². The first-order valence-corrected chi connectivity index (χ1v) is 8.31. The first-order valence-electron chi connectivity index (χ1n) is 8.31. The number of benzene rings is 2. The second-order valence-corrected chi connectivity index (χ2v) is 5.87. The predicted octanol–water partition coefficient (Wildman–Crippen LogP) is 2.17. The number of hydrogen-bond donors (Lipinski definition) is 2. The van der Waals surface area contributed by atoms with Crippen LogP contribution in [0.5, 0.6) is 0 Å². The standard InChI is InChI=1S/C20H21N3O2/c21-13-19(24)22-12-11-20(25)23-14-17-7-2-1-5-15(17)9-10-16-6-3-4-8-18(16)23/h1-10H,11-14,21H2,(H,22,24)/b10-9-. The Morgan fingerprint density at radius 1 is 1.00 bits per heavy atom. The third-order valence-corrected chi connectivity index (χ3v) is 4.20. The van der Waals surface area contributed by atoms with E-state index in [2.05, 4.69) is 11.4 Å². The second kappa shape index (κ2) is 7.77. The van der Waals surface area contributed by atoms with E-state index in [0.29, 0.717) is 6.54 Å². The topological polar surface area (TPSA) is 75.4 Å². The molecule has 0 fully saturated rings. The Kier molecular flexibility index (Phi) is 5.26. The largest absolute Gasteiger partial charge is 0.354 e. The molecule has 3 rings (SSSR count). The third-order valence-electron chi connectivity index (χ3n) is 4.20. The van der Waals surface area contributed by atoms with E-state index >= 15 is 0 Å². The van der Waals surface area contributed by atoms with Gasteiger partial charge in [0.05, 0.1) is 18.8 Å². The molecule has 5 nitrogen and oxygen atoms in total. The highest BCUT2D eigenvalue weighted by atomic mass is 16.2. The van der Waals surface area contributed by atoms with Gasteiger partial charge in [-0.15, -0.1) is 0 Å². The summed E-state index contributed by atoms with van der Waals surface area (Å²) in [5, 5.41) is 2.65. The molecule has 25 heavy (non-hydrogen) atoms. The molecular weight excluding hydrogens is 314 g/mol. The Morgan fingerprint density at radius 3 is 2.48 bits per heavy atom. The van der Waals surface area contributed by atoms with E-state index in [4.69, 9.17) is 5.73 Å². The Labute approximate surface area is 147 Å². The maximum Gasteiger partial charge on any atom is 0.233 e. The maximum absolute atomic E-state index is 12.8. The minimum absolute atomic E-state index is 0.0325. The van der Waals surface area contributed by atoms with E-state index in [1.165, 1.54) is 0 Å². The number of fused-ring (bicyclic) bond motifs is 2. The van der Waals surface area contributed by atoms with Crippen molar-refractivity contribution in [1.82, 2.24) is 5.32 Å². The number of hydrogen-bond acceptors (Lipinski definition) is 3. The molecule has 0 atom stereocenters. The molecule has 2 aromatic rings. The van der Waals surface area contributed by atoms with E-state index < -0.39 is 0 Å². The molecule has 0 saturated carbocycles. The number of rotatable bonds is 4. The number of carbonyl (C=O) groups is 2. The Hall–Kier alpha value is -2.92. The molecule has 1 heterocycles. The summed E-state index contributed by atoms with van der Waals surface area (Å²) in [6, 6.07) is 15.9. The molecule has 0 aliphatic carbocycles. The zero-order valence-corrected chi connectivity index (χ0v) is 13.9. The fourth-order valence-electron chi connectivity index (χ4n) is 2.89. The molecule has 2 aromatic carbocycles. The minimum atomic E-state index is -0.255. The number of anilines is 1. The van der Waals surface area contributed by atoms with Crippen molar-refractivity contribution in [2.45, 2.75) is 13.0 Å². The van der Waals surface area contributed by atoms with Gasteiger partial charge in [0.25, 0.3) is 0 Å². The molecule has 0 unspecified atom stereocenters. The summed E-state index contributed by atoms with van der Waals surface area (Å²) in [6.07, 6.45) is 4.34. The van der Waals surface area contributed by atoms with Crippen LogP contribution >= 0.6 is 0 Å². The van der Waals surface area contributed by atoms with Gasteiger partial charge in [0.1, 0.15) is 0 Å². The van der Waals surface area contributed by atoms with E-state index in [-0.39, 0.29) is 31.3 Å². The lowest BCUT2D eigenvalue weighted by molar-refractivity contribution is -0.120. The van der Waals surface area contributed by atoms with Crippen LogP contribution in [-0.2, 0) is 16.1 Å². The van der Waals surface area contributed by atoms with Crippen LogP contribution in [0.25, 0.3) is 12.2 Å². The van der Waals surface area contributed by atoms with E-state index in [1.807, 2.05) is 54.6 Å². The molecule has 128 valence electrons. The van der Waals surface area contributed by atoms with E-state index in [0.717, 1.165) is 22.4 Å². The van der Waals surface area contributed by atoms with Crippen LogP contribution in [0.3, 0.4) is 0 Å². The van der Waals surface area contributed by atoms with Gasteiger partial charge in [0.15, 0.2) is 0 Å². The van der Waals surface area contributed by atoms with Crippen LogP contribution in [-0.4, -0.2) is 24.9 Å². The van der Waals surface area contributed by atoms with Gasteiger partial charge in [0, 0.05) is 13.0 Å². The summed E-state index contributed by atoms with van der Waals surface area (Å²) >= 11 is 0. The zero-order chi connectivity index (χ0) is 17.6. The highest BCUT2D eigenvalue weighted by molar-refractivity contribution is 5.97. The van der Waals surface area contributed by atoms with Gasteiger partial charge in [-0.05, 0) is 22.8 Å². The monoisotopic (exact) mass is 335 g/mol. The van der Waals surface area contributed by atoms with Gasteiger partial charge in [-0.25, -0.2) is 0 Å². The normalized spacial score (nSPS) is 13.9. The van der Waals surface area contributed by atoms with E-state index in [9.17, 15) is 9.59 Å².